The van der Waals surface area contributed by atoms with Crippen molar-refractivity contribution in [1.29, 1.82) is 0 Å². The Bertz CT molecular complexity index is 32.6. The van der Waals surface area contributed by atoms with Crippen molar-refractivity contribution in [2.24, 2.45) is 0 Å². The van der Waals surface area contributed by atoms with E-state index in [4.69, 9.17) is 5.73 Å². The summed E-state index contributed by atoms with van der Waals surface area (Å²) in [5.74, 6) is 0. The van der Waals surface area contributed by atoms with E-state index in [0.29, 0.717) is 0 Å². The number of thiocarbonyl (C=S) groups is 1. The monoisotopic (exact) mass is 148 g/mol. The molecule has 0 heterocycles. The van der Waals surface area contributed by atoms with Crippen LogP contribution in [-0.4, -0.2) is 4.32 Å². The van der Waals surface area contributed by atoms with Crippen LogP contribution >= 0.6 is 24.8 Å². The summed E-state index contributed by atoms with van der Waals surface area (Å²) in [4.78, 5) is 0. The van der Waals surface area contributed by atoms with Crippen molar-refractivity contribution >= 4 is 29.2 Å². The van der Waals surface area contributed by atoms with Crippen molar-refractivity contribution in [2.45, 2.75) is 0 Å². The Morgan fingerprint density at radius 3 is 1.80 bits per heavy atom. The Labute approximate surface area is 52.2 Å². The van der Waals surface area contributed by atoms with Crippen LogP contribution in [0.1, 0.15) is 0 Å². The van der Waals surface area contributed by atoms with Gasteiger partial charge in [-0.25, -0.2) is 0 Å². The number of hydrogen-bond acceptors (Lipinski definition) is 1. The molecule has 1 nitrogen and oxygen atoms in total. The van der Waals surface area contributed by atoms with Crippen molar-refractivity contribution in [1.82, 2.24) is 0 Å². The second kappa shape index (κ2) is 4.76. The summed E-state index contributed by atoms with van der Waals surface area (Å²) in [6.45, 7) is 0. The van der Waals surface area contributed by atoms with Gasteiger partial charge in [0.25, 0.3) is 0 Å². The molecule has 0 spiro atoms. The van der Waals surface area contributed by atoms with Crippen LogP contribution < -0.4 is 0 Å². The Morgan fingerprint density at radius 2 is 1.80 bits per heavy atom. The van der Waals surface area contributed by atoms with Gasteiger partial charge in [-0.05, 0) is 4.32 Å². The normalized spacial score (nSPS) is 5.00. The largest absolute Gasteiger partial charge is 0.684 e. The Balaban J connectivity index is 0. The third-order valence-electron chi connectivity index (χ3n) is 0. The molecule has 0 unspecified atom stereocenters. The Morgan fingerprint density at radius 1 is 1.80 bits per heavy atom. The standard InChI is InChI=1S/CH3NS2.Fe/c2-1(3)4;/h(H3,2,3,4);/p-1. The SMILES string of the molecule is [Fe].[NH-]C(=S)S. The average Bonchev–Trinajstić information content (AvgIpc) is 0.811. The fourth-order valence-corrected chi connectivity index (χ4v) is 0. The molecule has 0 saturated heterocycles. The Kier molecular flexibility index (Phi) is 8.79. The maximum Gasteiger partial charge on any atom is 0 e. The topological polar surface area (TPSA) is 23.8 Å². The predicted molar refractivity (Wildman–Crippen MR) is 25.9 cm³/mol. The van der Waals surface area contributed by atoms with E-state index in [1.165, 1.54) is 0 Å². The van der Waals surface area contributed by atoms with E-state index in [2.05, 4.69) is 24.8 Å². The van der Waals surface area contributed by atoms with Crippen LogP contribution in [0, 0.1) is 0 Å². The van der Waals surface area contributed by atoms with Gasteiger partial charge in [0.1, 0.15) is 0 Å². The summed E-state index contributed by atoms with van der Waals surface area (Å²) in [6.07, 6.45) is 0. The maximum atomic E-state index is 6.18. The Hall–Kier alpha value is 0.759. The van der Waals surface area contributed by atoms with Gasteiger partial charge in [0, 0.05) is 17.1 Å². The number of rotatable bonds is 0. The van der Waals surface area contributed by atoms with Crippen LogP contribution in [-0.2, 0) is 17.1 Å². The summed E-state index contributed by atoms with van der Waals surface area (Å²) in [5, 5.41) is 0. The molecule has 0 atom stereocenters. The number of nitrogens with one attached hydrogen (secondary N) is 1. The molecule has 1 N–H and O–H groups in total. The molecule has 0 radical (unpaired) electrons. The van der Waals surface area contributed by atoms with Gasteiger partial charge in [-0.3, -0.25) is 0 Å². The smallest absolute Gasteiger partial charge is 0 e. The molecule has 32 valence electrons. The summed E-state index contributed by atoms with van der Waals surface area (Å²) < 4.78 is -0.0556. The summed E-state index contributed by atoms with van der Waals surface area (Å²) >= 11 is 7.43. The molecule has 0 aromatic rings. The molecule has 0 aliphatic rings. The van der Waals surface area contributed by atoms with Crippen LogP contribution in [0.5, 0.6) is 0 Å². The van der Waals surface area contributed by atoms with Crippen molar-refractivity contribution < 1.29 is 17.1 Å². The van der Waals surface area contributed by atoms with E-state index >= 15 is 0 Å². The minimum Gasteiger partial charge on any atom is -0.684 e. The molecule has 4 heteroatoms. The van der Waals surface area contributed by atoms with Crippen molar-refractivity contribution in [3.8, 4) is 0 Å². The van der Waals surface area contributed by atoms with Crippen LogP contribution in [0.2, 0.25) is 0 Å². The molecule has 0 aliphatic carbocycles. The number of hydrogen-bond donors (Lipinski definition) is 1. The molecular weight excluding hydrogens is 146 g/mol. The van der Waals surface area contributed by atoms with E-state index in [9.17, 15) is 0 Å². The van der Waals surface area contributed by atoms with E-state index in [1.54, 1.807) is 0 Å². The third kappa shape index (κ3) is 62.8. The average molecular weight is 148 g/mol. The van der Waals surface area contributed by atoms with Gasteiger partial charge in [-0.2, -0.15) is 12.6 Å². The first-order valence-corrected chi connectivity index (χ1v) is 1.53. The van der Waals surface area contributed by atoms with Crippen LogP contribution in [0.25, 0.3) is 5.73 Å². The molecular formula is CH2FeNS2-. The minimum atomic E-state index is -0.0556. The van der Waals surface area contributed by atoms with Crippen LogP contribution in [0.3, 0.4) is 0 Å². The second-order valence-electron chi connectivity index (χ2n) is 0.305. The van der Waals surface area contributed by atoms with Gasteiger partial charge >= 0.3 is 0 Å². The maximum absolute atomic E-state index is 6.18. The molecule has 0 bridgehead atoms. The summed E-state index contributed by atoms with van der Waals surface area (Å²) in [7, 11) is 0. The zero-order valence-electron chi connectivity index (χ0n) is 2.21. The summed E-state index contributed by atoms with van der Waals surface area (Å²) in [5.41, 5.74) is 6.18. The van der Waals surface area contributed by atoms with Crippen molar-refractivity contribution in [2.75, 3.05) is 0 Å². The van der Waals surface area contributed by atoms with Crippen molar-refractivity contribution in [3.63, 3.8) is 0 Å². The third-order valence-corrected chi connectivity index (χ3v) is 0. The molecule has 5 heavy (non-hydrogen) atoms. The molecule has 0 amide bonds. The van der Waals surface area contributed by atoms with Gasteiger partial charge in [-0.15, -0.1) is 0 Å². The molecule has 0 fully saturated rings. The fraction of sp³-hybridized carbons (Fsp3) is 0. The quantitative estimate of drug-likeness (QED) is 0.312. The van der Waals surface area contributed by atoms with E-state index in [0.717, 1.165) is 0 Å². The second-order valence-corrected chi connectivity index (χ2v) is 1.46. The van der Waals surface area contributed by atoms with Gasteiger partial charge in [-0.1, -0.05) is 12.2 Å². The van der Waals surface area contributed by atoms with Gasteiger partial charge in [0.2, 0.25) is 0 Å². The molecule has 0 aromatic carbocycles. The first kappa shape index (κ1) is 9.23. The van der Waals surface area contributed by atoms with E-state index in [-0.39, 0.29) is 21.4 Å². The molecule has 0 rings (SSSR count). The zero-order chi connectivity index (χ0) is 3.58. The van der Waals surface area contributed by atoms with Gasteiger partial charge < -0.3 is 5.73 Å². The molecule has 0 aliphatic heterocycles. The minimum absolute atomic E-state index is 0. The van der Waals surface area contributed by atoms with Crippen LogP contribution in [0.15, 0.2) is 0 Å². The fourth-order valence-electron chi connectivity index (χ4n) is 0. The molecule has 0 saturated carbocycles. The van der Waals surface area contributed by atoms with E-state index in [1.807, 2.05) is 0 Å². The van der Waals surface area contributed by atoms with Crippen LogP contribution in [0.4, 0.5) is 0 Å². The number of thiol groups is 1. The van der Waals surface area contributed by atoms with Gasteiger partial charge in [0.15, 0.2) is 0 Å². The summed E-state index contributed by atoms with van der Waals surface area (Å²) in [6, 6.07) is 0. The first-order valence-electron chi connectivity index (χ1n) is 0.678. The van der Waals surface area contributed by atoms with Crippen molar-refractivity contribution in [3.05, 3.63) is 5.73 Å². The zero-order valence-corrected chi connectivity index (χ0v) is 5.02. The predicted octanol–water partition coefficient (Wildman–Crippen LogP) is 1.25. The first-order chi connectivity index (χ1) is 1.73. The molecule has 0 aromatic heterocycles. The van der Waals surface area contributed by atoms with E-state index < -0.39 is 0 Å². The van der Waals surface area contributed by atoms with Gasteiger partial charge in [0.05, 0.1) is 0 Å².